The second-order valence-corrected chi connectivity index (χ2v) is 5.43. The monoisotopic (exact) mass is 299 g/mol. The lowest BCUT2D eigenvalue weighted by atomic mass is 9.98. The summed E-state index contributed by atoms with van der Waals surface area (Å²) in [5, 5.41) is 2.82. The number of amides is 1. The largest absolute Gasteiger partial charge is 0.464 e. The highest BCUT2D eigenvalue weighted by atomic mass is 16.5. The van der Waals surface area contributed by atoms with Crippen molar-refractivity contribution in [3.8, 4) is 0 Å². The molecular formula is C17H17NO4. The minimum absolute atomic E-state index is 0.280. The van der Waals surface area contributed by atoms with E-state index < -0.39 is 12.1 Å². The first-order valence-corrected chi connectivity index (χ1v) is 7.20. The topological polar surface area (TPSA) is 68.5 Å². The lowest BCUT2D eigenvalue weighted by Crippen LogP contribution is -2.42. The Balaban J connectivity index is 1.70. The molecule has 2 atom stereocenters. The second-order valence-electron chi connectivity index (χ2n) is 5.43. The summed E-state index contributed by atoms with van der Waals surface area (Å²) in [7, 11) is 0. The number of aryl methyl sites for hydroxylation is 1. The smallest absolute Gasteiger partial charge is 0.339 e. The maximum atomic E-state index is 12.3. The van der Waals surface area contributed by atoms with E-state index in [2.05, 4.69) is 5.32 Å². The molecule has 1 aliphatic heterocycles. The molecule has 0 spiro atoms. The van der Waals surface area contributed by atoms with Crippen molar-refractivity contribution in [3.63, 3.8) is 0 Å². The first kappa shape index (κ1) is 14.4. The van der Waals surface area contributed by atoms with Crippen LogP contribution in [-0.2, 0) is 16.0 Å². The van der Waals surface area contributed by atoms with Crippen LogP contribution in [0.3, 0.4) is 0 Å². The van der Waals surface area contributed by atoms with E-state index in [9.17, 15) is 9.59 Å². The molecule has 5 nitrogen and oxygen atoms in total. The standard InChI is InChI=1S/C17H17NO4/c1-10-7-8-14(21-10)11(2)18-16(19)15-9-12-5-3-4-6-13(12)17(20)22-15/h3-8,11,15H,9H2,1-2H3,(H,18,19)/t11-,15+/m0/s1. The molecule has 0 saturated heterocycles. The molecule has 1 aromatic heterocycles. The summed E-state index contributed by atoms with van der Waals surface area (Å²) in [6, 6.07) is 10.6. The molecule has 2 aromatic rings. The Morgan fingerprint density at radius 3 is 2.77 bits per heavy atom. The number of esters is 1. The van der Waals surface area contributed by atoms with Gasteiger partial charge in [0.2, 0.25) is 0 Å². The molecular weight excluding hydrogens is 282 g/mol. The van der Waals surface area contributed by atoms with Crippen LogP contribution in [0.25, 0.3) is 0 Å². The molecule has 1 aliphatic rings. The molecule has 5 heteroatoms. The van der Waals surface area contributed by atoms with Gasteiger partial charge in [-0.3, -0.25) is 4.79 Å². The normalized spacial score (nSPS) is 18.3. The average molecular weight is 299 g/mol. The van der Waals surface area contributed by atoms with Crippen molar-refractivity contribution >= 4 is 11.9 Å². The fraction of sp³-hybridized carbons (Fsp3) is 0.294. The molecule has 0 radical (unpaired) electrons. The lowest BCUT2D eigenvalue weighted by molar-refractivity contribution is -0.131. The molecule has 1 amide bonds. The number of furan rings is 1. The van der Waals surface area contributed by atoms with Gasteiger partial charge in [-0.2, -0.15) is 0 Å². The molecule has 3 rings (SSSR count). The van der Waals surface area contributed by atoms with E-state index in [1.165, 1.54) is 0 Å². The van der Waals surface area contributed by atoms with Gasteiger partial charge >= 0.3 is 5.97 Å². The quantitative estimate of drug-likeness (QED) is 0.884. The molecule has 0 saturated carbocycles. The van der Waals surface area contributed by atoms with Crippen molar-refractivity contribution in [1.82, 2.24) is 5.32 Å². The van der Waals surface area contributed by atoms with Crippen LogP contribution in [0.1, 0.15) is 40.4 Å². The van der Waals surface area contributed by atoms with Crippen LogP contribution in [0.15, 0.2) is 40.8 Å². The van der Waals surface area contributed by atoms with Crippen LogP contribution in [0, 0.1) is 6.92 Å². The zero-order chi connectivity index (χ0) is 15.7. The number of carbonyl (C=O) groups is 2. The Kier molecular flexibility index (Phi) is 3.71. The summed E-state index contributed by atoms with van der Waals surface area (Å²) in [5.74, 6) is 0.690. The number of rotatable bonds is 3. The van der Waals surface area contributed by atoms with E-state index in [0.29, 0.717) is 17.7 Å². The van der Waals surface area contributed by atoms with Gasteiger partial charge in [-0.25, -0.2) is 4.79 Å². The van der Waals surface area contributed by atoms with Crippen molar-refractivity contribution in [2.45, 2.75) is 32.4 Å². The third-order valence-electron chi connectivity index (χ3n) is 3.73. The molecule has 2 heterocycles. The molecule has 114 valence electrons. The highest BCUT2D eigenvalue weighted by Gasteiger charge is 2.31. The number of hydrogen-bond acceptors (Lipinski definition) is 4. The van der Waals surface area contributed by atoms with Crippen LogP contribution in [0.4, 0.5) is 0 Å². The Morgan fingerprint density at radius 1 is 1.27 bits per heavy atom. The van der Waals surface area contributed by atoms with E-state index in [-0.39, 0.29) is 11.9 Å². The zero-order valence-corrected chi connectivity index (χ0v) is 12.5. The van der Waals surface area contributed by atoms with Gasteiger partial charge in [0.1, 0.15) is 11.5 Å². The summed E-state index contributed by atoms with van der Waals surface area (Å²) in [4.78, 5) is 24.3. The fourth-order valence-electron chi connectivity index (χ4n) is 2.54. The van der Waals surface area contributed by atoms with Gasteiger partial charge in [-0.05, 0) is 37.6 Å². The number of cyclic esters (lactones) is 1. The van der Waals surface area contributed by atoms with Crippen molar-refractivity contribution in [1.29, 1.82) is 0 Å². The zero-order valence-electron chi connectivity index (χ0n) is 12.5. The summed E-state index contributed by atoms with van der Waals surface area (Å²) in [5.41, 5.74) is 1.36. The Hall–Kier alpha value is -2.56. The summed E-state index contributed by atoms with van der Waals surface area (Å²) in [6.45, 7) is 3.67. The number of carbonyl (C=O) groups excluding carboxylic acids is 2. The highest BCUT2D eigenvalue weighted by Crippen LogP contribution is 2.22. The van der Waals surface area contributed by atoms with Gasteiger partial charge in [0.25, 0.3) is 5.91 Å². The molecule has 0 bridgehead atoms. The summed E-state index contributed by atoms with van der Waals surface area (Å²) in [6.07, 6.45) is -0.418. The lowest BCUT2D eigenvalue weighted by Gasteiger charge is -2.24. The first-order valence-electron chi connectivity index (χ1n) is 7.20. The van der Waals surface area contributed by atoms with Crippen LogP contribution in [0.2, 0.25) is 0 Å². The predicted molar refractivity (Wildman–Crippen MR) is 79.4 cm³/mol. The predicted octanol–water partition coefficient (Wildman–Crippen LogP) is 2.55. The minimum atomic E-state index is -0.805. The number of hydrogen-bond donors (Lipinski definition) is 1. The van der Waals surface area contributed by atoms with Gasteiger partial charge in [-0.1, -0.05) is 18.2 Å². The van der Waals surface area contributed by atoms with Gasteiger partial charge in [0.15, 0.2) is 6.10 Å². The van der Waals surface area contributed by atoms with Gasteiger partial charge < -0.3 is 14.5 Å². The van der Waals surface area contributed by atoms with Crippen LogP contribution >= 0.6 is 0 Å². The molecule has 0 aliphatic carbocycles. The molecule has 1 aromatic carbocycles. The third kappa shape index (κ3) is 2.74. The number of nitrogens with one attached hydrogen (secondary N) is 1. The second kappa shape index (κ2) is 5.67. The number of ether oxygens (including phenoxy) is 1. The summed E-state index contributed by atoms with van der Waals surface area (Å²) >= 11 is 0. The summed E-state index contributed by atoms with van der Waals surface area (Å²) < 4.78 is 10.7. The van der Waals surface area contributed by atoms with Gasteiger partial charge in [-0.15, -0.1) is 0 Å². The highest BCUT2D eigenvalue weighted by molar-refractivity contribution is 5.95. The minimum Gasteiger partial charge on any atom is -0.464 e. The Bertz CT molecular complexity index is 719. The molecule has 0 fully saturated rings. The average Bonchev–Trinajstić information content (AvgIpc) is 2.94. The van der Waals surface area contributed by atoms with E-state index in [0.717, 1.165) is 11.3 Å². The molecule has 1 N–H and O–H groups in total. The number of benzene rings is 1. The fourth-order valence-corrected chi connectivity index (χ4v) is 2.54. The van der Waals surface area contributed by atoms with Crippen LogP contribution in [0.5, 0.6) is 0 Å². The van der Waals surface area contributed by atoms with Crippen molar-refractivity contribution in [2.75, 3.05) is 0 Å². The maximum Gasteiger partial charge on any atom is 0.339 e. The Labute approximate surface area is 128 Å². The van der Waals surface area contributed by atoms with E-state index in [4.69, 9.17) is 9.15 Å². The van der Waals surface area contributed by atoms with Crippen molar-refractivity contribution < 1.29 is 18.7 Å². The van der Waals surface area contributed by atoms with Crippen molar-refractivity contribution in [2.24, 2.45) is 0 Å². The van der Waals surface area contributed by atoms with Gasteiger partial charge in [0, 0.05) is 6.42 Å². The maximum absolute atomic E-state index is 12.3. The van der Waals surface area contributed by atoms with Crippen LogP contribution in [-0.4, -0.2) is 18.0 Å². The van der Waals surface area contributed by atoms with E-state index >= 15 is 0 Å². The number of fused-ring (bicyclic) bond motifs is 1. The van der Waals surface area contributed by atoms with E-state index in [1.807, 2.05) is 38.1 Å². The van der Waals surface area contributed by atoms with Crippen LogP contribution < -0.4 is 5.32 Å². The third-order valence-corrected chi connectivity index (χ3v) is 3.73. The SMILES string of the molecule is Cc1ccc([C@H](C)NC(=O)[C@H]2Cc3ccccc3C(=O)O2)o1. The van der Waals surface area contributed by atoms with E-state index in [1.54, 1.807) is 12.1 Å². The first-order chi connectivity index (χ1) is 10.5. The molecule has 0 unspecified atom stereocenters. The molecule has 22 heavy (non-hydrogen) atoms. The van der Waals surface area contributed by atoms with Crippen molar-refractivity contribution in [3.05, 3.63) is 59.0 Å². The van der Waals surface area contributed by atoms with Gasteiger partial charge in [0.05, 0.1) is 11.6 Å². The Morgan fingerprint density at radius 2 is 2.05 bits per heavy atom.